The second-order valence-corrected chi connectivity index (χ2v) is 8.94. The van der Waals surface area contributed by atoms with Crippen molar-refractivity contribution >= 4 is 33.9 Å². The fraction of sp³-hybridized carbons (Fsp3) is 0.292. The number of aromatic nitrogens is 5. The fourth-order valence-electron chi connectivity index (χ4n) is 4.06. The Bertz CT molecular complexity index is 1600. The largest absolute Gasteiger partial charge is 0.423 e. The molecule has 0 radical (unpaired) electrons. The van der Waals surface area contributed by atoms with Gasteiger partial charge >= 0.3 is 6.18 Å². The SMILES string of the molecule is CC[C@@H](CCCn1ccc2cc(-c3ncc(Cl)c(N)n3)c(F)cc2c1=O)Nc1cn[nH]c(=O)c1C(F)(F)F. The molecule has 0 bridgehead atoms. The average Bonchev–Trinajstić information content (AvgIpc) is 2.85. The van der Waals surface area contributed by atoms with Crippen molar-refractivity contribution in [1.82, 2.24) is 24.7 Å². The zero-order chi connectivity index (χ0) is 27.6. The lowest BCUT2D eigenvalue weighted by atomic mass is 10.1. The van der Waals surface area contributed by atoms with Crippen LogP contribution in [0.3, 0.4) is 0 Å². The zero-order valence-corrected chi connectivity index (χ0v) is 20.7. The Hall–Kier alpha value is -4.00. The molecule has 0 fully saturated rings. The number of pyridine rings is 1. The Labute approximate surface area is 217 Å². The number of alkyl halides is 3. The summed E-state index contributed by atoms with van der Waals surface area (Å²) in [5.41, 5.74) is 2.23. The van der Waals surface area contributed by atoms with Gasteiger partial charge in [0.1, 0.15) is 22.2 Å². The number of H-pyrrole nitrogens is 1. The summed E-state index contributed by atoms with van der Waals surface area (Å²) in [7, 11) is 0. The Morgan fingerprint density at radius 3 is 2.68 bits per heavy atom. The van der Waals surface area contributed by atoms with E-state index in [-0.39, 0.29) is 34.2 Å². The standard InChI is InChI=1S/C24H22ClF4N7O2/c1-2-13(33-18-11-32-35-22(37)19(18)24(27,28)29)4-3-6-36-7-5-12-8-15(17(26)9-14(12)23(36)38)21-31-10-16(25)20(30)34-21/h5,7-11,13H,2-4,6H2,1H3,(H2,30,31,34)(H2,33,35,37)/t13-/m0/s1. The van der Waals surface area contributed by atoms with Crippen molar-refractivity contribution in [1.29, 1.82) is 0 Å². The van der Waals surface area contributed by atoms with Gasteiger partial charge in [-0.2, -0.15) is 18.3 Å². The van der Waals surface area contributed by atoms with Crippen LogP contribution in [0.25, 0.3) is 22.2 Å². The molecule has 0 spiro atoms. The summed E-state index contributed by atoms with van der Waals surface area (Å²) >= 11 is 5.83. The van der Waals surface area contributed by atoms with Gasteiger partial charge in [-0.25, -0.2) is 19.5 Å². The Morgan fingerprint density at radius 1 is 1.24 bits per heavy atom. The maximum absolute atomic E-state index is 14.9. The molecule has 14 heteroatoms. The van der Waals surface area contributed by atoms with Crippen LogP contribution in [-0.4, -0.2) is 30.8 Å². The molecule has 0 amide bonds. The lowest BCUT2D eigenvalue weighted by Crippen LogP contribution is -2.28. The van der Waals surface area contributed by atoms with E-state index in [2.05, 4.69) is 20.4 Å². The van der Waals surface area contributed by atoms with Crippen LogP contribution in [0, 0.1) is 5.82 Å². The first-order valence-corrected chi connectivity index (χ1v) is 11.9. The van der Waals surface area contributed by atoms with Gasteiger partial charge in [-0.3, -0.25) is 9.59 Å². The van der Waals surface area contributed by atoms with Gasteiger partial charge in [0.15, 0.2) is 5.82 Å². The summed E-state index contributed by atoms with van der Waals surface area (Å²) in [6.07, 6.45) is 0.169. The van der Waals surface area contributed by atoms with Crippen molar-refractivity contribution in [2.75, 3.05) is 11.1 Å². The maximum atomic E-state index is 14.9. The van der Waals surface area contributed by atoms with Crippen LogP contribution in [-0.2, 0) is 12.7 Å². The molecule has 38 heavy (non-hydrogen) atoms. The molecule has 0 saturated carbocycles. The van der Waals surface area contributed by atoms with Crippen molar-refractivity contribution in [2.24, 2.45) is 0 Å². The van der Waals surface area contributed by atoms with Gasteiger partial charge in [0.05, 0.1) is 29.0 Å². The van der Waals surface area contributed by atoms with E-state index in [0.717, 1.165) is 12.3 Å². The molecule has 4 aromatic rings. The number of anilines is 2. The normalized spacial score (nSPS) is 12.6. The van der Waals surface area contributed by atoms with Crippen LogP contribution in [0.2, 0.25) is 5.02 Å². The number of hydrogen-bond donors (Lipinski definition) is 3. The molecule has 200 valence electrons. The first-order chi connectivity index (χ1) is 18.0. The number of nitrogen functional groups attached to an aromatic ring is 1. The van der Waals surface area contributed by atoms with Gasteiger partial charge in [0.2, 0.25) is 0 Å². The molecule has 0 saturated heterocycles. The van der Waals surface area contributed by atoms with Gasteiger partial charge in [0.25, 0.3) is 11.1 Å². The van der Waals surface area contributed by atoms with E-state index in [1.54, 1.807) is 24.3 Å². The van der Waals surface area contributed by atoms with Crippen LogP contribution in [0.15, 0.2) is 46.4 Å². The number of benzene rings is 1. The number of fused-ring (bicyclic) bond motifs is 1. The maximum Gasteiger partial charge on any atom is 0.423 e. The van der Waals surface area contributed by atoms with Crippen LogP contribution in [0.5, 0.6) is 0 Å². The molecule has 0 aliphatic heterocycles. The molecule has 1 atom stereocenters. The Morgan fingerprint density at radius 2 is 2.00 bits per heavy atom. The van der Waals surface area contributed by atoms with E-state index in [1.165, 1.54) is 16.8 Å². The third kappa shape index (κ3) is 5.62. The van der Waals surface area contributed by atoms with Crippen molar-refractivity contribution in [3.8, 4) is 11.4 Å². The number of rotatable bonds is 8. The highest BCUT2D eigenvalue weighted by molar-refractivity contribution is 6.32. The molecule has 4 rings (SSSR count). The number of aryl methyl sites for hydroxylation is 1. The van der Waals surface area contributed by atoms with Crippen LogP contribution >= 0.6 is 11.6 Å². The number of hydrogen-bond acceptors (Lipinski definition) is 7. The third-order valence-corrected chi connectivity index (χ3v) is 6.31. The minimum Gasteiger partial charge on any atom is -0.382 e. The van der Waals surface area contributed by atoms with Crippen LogP contribution in [0.1, 0.15) is 31.7 Å². The fourth-order valence-corrected chi connectivity index (χ4v) is 4.15. The van der Waals surface area contributed by atoms with E-state index in [1.807, 2.05) is 0 Å². The van der Waals surface area contributed by atoms with E-state index < -0.39 is 40.4 Å². The third-order valence-electron chi connectivity index (χ3n) is 6.02. The highest BCUT2D eigenvalue weighted by Crippen LogP contribution is 2.32. The lowest BCUT2D eigenvalue weighted by molar-refractivity contribution is -0.138. The summed E-state index contributed by atoms with van der Waals surface area (Å²) in [6.45, 7) is 2.03. The van der Waals surface area contributed by atoms with Gasteiger partial charge in [-0.15, -0.1) is 0 Å². The Balaban J connectivity index is 1.50. The molecule has 0 unspecified atom stereocenters. The molecule has 0 aliphatic carbocycles. The first-order valence-electron chi connectivity index (χ1n) is 11.5. The average molecular weight is 552 g/mol. The molecule has 9 nitrogen and oxygen atoms in total. The van der Waals surface area contributed by atoms with Gasteiger partial charge < -0.3 is 15.6 Å². The number of nitrogens with one attached hydrogen (secondary N) is 2. The molecule has 1 aromatic carbocycles. The molecule has 3 heterocycles. The monoisotopic (exact) mass is 551 g/mol. The van der Waals surface area contributed by atoms with Gasteiger partial charge in [0, 0.05) is 18.8 Å². The van der Waals surface area contributed by atoms with Crippen molar-refractivity contribution in [2.45, 2.75) is 44.9 Å². The summed E-state index contributed by atoms with van der Waals surface area (Å²) in [5.74, 6) is -0.689. The molecule has 4 N–H and O–H groups in total. The van der Waals surface area contributed by atoms with Crippen LogP contribution < -0.4 is 22.2 Å². The van der Waals surface area contributed by atoms with E-state index >= 15 is 0 Å². The highest BCUT2D eigenvalue weighted by Gasteiger charge is 2.37. The van der Waals surface area contributed by atoms with Crippen LogP contribution in [0.4, 0.5) is 29.1 Å². The molecule has 0 aliphatic rings. The predicted octanol–water partition coefficient (Wildman–Crippen LogP) is 4.61. The second kappa shape index (κ2) is 10.8. The minimum atomic E-state index is -4.85. The highest BCUT2D eigenvalue weighted by atomic mass is 35.5. The first kappa shape index (κ1) is 27.0. The zero-order valence-electron chi connectivity index (χ0n) is 19.9. The summed E-state index contributed by atoms with van der Waals surface area (Å²) in [4.78, 5) is 32.7. The molecular formula is C24H22ClF4N7O2. The summed E-state index contributed by atoms with van der Waals surface area (Å²) < 4.78 is 56.3. The quantitative estimate of drug-likeness (QED) is 0.273. The second-order valence-electron chi connectivity index (χ2n) is 8.54. The lowest BCUT2D eigenvalue weighted by Gasteiger charge is -2.20. The number of halogens is 5. The van der Waals surface area contributed by atoms with Gasteiger partial charge in [-0.05, 0) is 42.8 Å². The van der Waals surface area contributed by atoms with Crippen molar-refractivity contribution in [3.63, 3.8) is 0 Å². The summed E-state index contributed by atoms with van der Waals surface area (Å²) in [6, 6.07) is 3.78. The van der Waals surface area contributed by atoms with Gasteiger partial charge in [-0.1, -0.05) is 18.5 Å². The van der Waals surface area contributed by atoms with E-state index in [4.69, 9.17) is 17.3 Å². The summed E-state index contributed by atoms with van der Waals surface area (Å²) in [5, 5.41) is 8.74. The molecular weight excluding hydrogens is 530 g/mol. The Kier molecular flexibility index (Phi) is 7.67. The molecule has 3 aromatic heterocycles. The van der Waals surface area contributed by atoms with Crippen molar-refractivity contribution in [3.05, 3.63) is 73.9 Å². The van der Waals surface area contributed by atoms with E-state index in [0.29, 0.717) is 24.6 Å². The number of nitrogens with two attached hydrogens (primary N) is 1. The smallest absolute Gasteiger partial charge is 0.382 e. The topological polar surface area (TPSA) is 132 Å². The predicted molar refractivity (Wildman–Crippen MR) is 135 cm³/mol. The number of nitrogens with zero attached hydrogens (tertiary/aromatic N) is 4. The minimum absolute atomic E-state index is 0.00332. The van der Waals surface area contributed by atoms with Crippen molar-refractivity contribution < 1.29 is 17.6 Å². The van der Waals surface area contributed by atoms with E-state index in [9.17, 15) is 27.2 Å². The number of aromatic amines is 1.